The highest BCUT2D eigenvalue weighted by Gasteiger charge is 2.43. The predicted molar refractivity (Wildman–Crippen MR) is 110 cm³/mol. The van der Waals surface area contributed by atoms with Crippen molar-refractivity contribution in [1.82, 2.24) is 4.90 Å². The van der Waals surface area contributed by atoms with Crippen molar-refractivity contribution in [2.45, 2.75) is 56.5 Å². The van der Waals surface area contributed by atoms with Crippen LogP contribution in [0.1, 0.15) is 55.1 Å². The number of likely N-dealkylation sites (tertiary alicyclic amines) is 1. The predicted octanol–water partition coefficient (Wildman–Crippen LogP) is 3.39. The molecular formula is C24H29NO4. The van der Waals surface area contributed by atoms with Crippen LogP contribution in [0.3, 0.4) is 0 Å². The summed E-state index contributed by atoms with van der Waals surface area (Å²) in [5.41, 5.74) is 2.75. The van der Waals surface area contributed by atoms with Gasteiger partial charge >= 0.3 is 0 Å². The van der Waals surface area contributed by atoms with Crippen molar-refractivity contribution in [3.05, 3.63) is 59.2 Å². The highest BCUT2D eigenvalue weighted by molar-refractivity contribution is 5.41. The van der Waals surface area contributed by atoms with Crippen LogP contribution in [0.2, 0.25) is 0 Å². The van der Waals surface area contributed by atoms with Crippen LogP contribution in [0.25, 0.3) is 0 Å². The molecule has 5 nitrogen and oxygen atoms in total. The average molecular weight is 395 g/mol. The first kappa shape index (κ1) is 18.9. The molecule has 1 spiro atoms. The van der Waals surface area contributed by atoms with Gasteiger partial charge in [-0.1, -0.05) is 24.3 Å². The second kappa shape index (κ2) is 7.31. The maximum atomic E-state index is 10.8. The Morgan fingerprint density at radius 2 is 1.93 bits per heavy atom. The first-order valence-electron chi connectivity index (χ1n) is 10.7. The lowest BCUT2D eigenvalue weighted by atomic mass is 9.81. The van der Waals surface area contributed by atoms with Crippen LogP contribution >= 0.6 is 0 Å². The molecule has 0 unspecified atom stereocenters. The van der Waals surface area contributed by atoms with E-state index in [1.54, 1.807) is 0 Å². The number of fused-ring (bicyclic) bond motifs is 2. The molecule has 29 heavy (non-hydrogen) atoms. The van der Waals surface area contributed by atoms with Gasteiger partial charge in [-0.3, -0.25) is 0 Å². The van der Waals surface area contributed by atoms with Gasteiger partial charge in [0.2, 0.25) is 0 Å². The normalized spacial score (nSPS) is 26.3. The summed E-state index contributed by atoms with van der Waals surface area (Å²) >= 11 is 0. The van der Waals surface area contributed by atoms with Gasteiger partial charge in [-0.15, -0.1) is 0 Å². The molecule has 0 aromatic heterocycles. The fourth-order valence-electron chi connectivity index (χ4n) is 5.03. The van der Waals surface area contributed by atoms with E-state index in [-0.39, 0.29) is 11.7 Å². The lowest BCUT2D eigenvalue weighted by Crippen LogP contribution is -2.51. The molecule has 3 heterocycles. The van der Waals surface area contributed by atoms with Gasteiger partial charge in [-0.25, -0.2) is 0 Å². The number of para-hydroxylation sites is 1. The van der Waals surface area contributed by atoms with Crippen molar-refractivity contribution in [2.75, 3.05) is 19.6 Å². The Bertz CT molecular complexity index is 890. The quantitative estimate of drug-likeness (QED) is 0.834. The number of β-amino-alcohol motifs (C(OH)–C–C–N with tert-alkyl or cyclic N) is 1. The number of hydrogen-bond acceptors (Lipinski definition) is 5. The summed E-state index contributed by atoms with van der Waals surface area (Å²) < 4.78 is 12.1. The van der Waals surface area contributed by atoms with Crippen LogP contribution in [-0.4, -0.2) is 46.5 Å². The fraction of sp³-hybridized carbons (Fsp3) is 0.500. The molecule has 154 valence electrons. The van der Waals surface area contributed by atoms with Crippen molar-refractivity contribution in [3.8, 4) is 11.5 Å². The number of aliphatic hydroxyl groups excluding tert-OH is 2. The lowest BCUT2D eigenvalue weighted by molar-refractivity contribution is -0.0587. The standard InChI is InChI=1S/C24H29NO4/c1-16-12-18-13-17(6-7-22(18)28-16)21(27)15-25-10-8-24(9-11-25)14-20(26)19-4-2-3-5-23(19)29-24/h2-7,13,16,20-21,26-27H,8-12,14-15H2,1H3/t16-,20-,21-/m1/s1. The Kier molecular flexibility index (Phi) is 4.77. The molecule has 1 fully saturated rings. The molecule has 3 aliphatic heterocycles. The molecule has 2 aromatic carbocycles. The minimum Gasteiger partial charge on any atom is -0.490 e. The third kappa shape index (κ3) is 3.63. The molecule has 3 aliphatic rings. The summed E-state index contributed by atoms with van der Waals surface area (Å²) in [6.45, 7) is 4.40. The average Bonchev–Trinajstić information content (AvgIpc) is 3.09. The summed E-state index contributed by atoms with van der Waals surface area (Å²) in [5.74, 6) is 1.76. The van der Waals surface area contributed by atoms with Crippen molar-refractivity contribution >= 4 is 0 Å². The lowest BCUT2D eigenvalue weighted by Gasteiger charge is -2.46. The smallest absolute Gasteiger partial charge is 0.125 e. The number of ether oxygens (including phenoxy) is 2. The van der Waals surface area contributed by atoms with E-state index in [1.165, 1.54) is 5.56 Å². The van der Waals surface area contributed by atoms with E-state index in [9.17, 15) is 10.2 Å². The molecule has 2 N–H and O–H groups in total. The van der Waals surface area contributed by atoms with E-state index < -0.39 is 12.2 Å². The van der Waals surface area contributed by atoms with Crippen molar-refractivity contribution in [1.29, 1.82) is 0 Å². The molecule has 3 atom stereocenters. The highest BCUT2D eigenvalue weighted by Crippen LogP contribution is 2.44. The molecule has 0 aliphatic carbocycles. The molecule has 0 radical (unpaired) electrons. The number of rotatable bonds is 3. The molecule has 5 heteroatoms. The first-order chi connectivity index (χ1) is 14.0. The largest absolute Gasteiger partial charge is 0.490 e. The van der Waals surface area contributed by atoms with E-state index in [0.717, 1.165) is 55.0 Å². The maximum absolute atomic E-state index is 10.8. The minimum absolute atomic E-state index is 0.214. The number of piperidine rings is 1. The molecule has 0 saturated carbocycles. The zero-order valence-electron chi connectivity index (χ0n) is 16.9. The highest BCUT2D eigenvalue weighted by atomic mass is 16.5. The van der Waals surface area contributed by atoms with Gasteiger partial charge < -0.3 is 24.6 Å². The Hall–Kier alpha value is -2.08. The first-order valence-corrected chi connectivity index (χ1v) is 10.7. The number of nitrogens with zero attached hydrogens (tertiary/aromatic N) is 1. The number of benzene rings is 2. The SMILES string of the molecule is C[C@@H]1Cc2cc([C@H](O)CN3CCC4(CC3)C[C@@H](O)c3ccccc3O4)ccc2O1. The monoisotopic (exact) mass is 395 g/mol. The molecule has 2 aromatic rings. The van der Waals surface area contributed by atoms with Crippen molar-refractivity contribution < 1.29 is 19.7 Å². The van der Waals surface area contributed by atoms with Crippen molar-refractivity contribution in [2.24, 2.45) is 0 Å². The summed E-state index contributed by atoms with van der Waals surface area (Å²) in [4.78, 5) is 2.30. The van der Waals surface area contributed by atoms with Gasteiger partial charge in [0.1, 0.15) is 23.2 Å². The summed E-state index contributed by atoms with van der Waals surface area (Å²) in [5, 5.41) is 21.4. The van der Waals surface area contributed by atoms with Crippen LogP contribution in [0.15, 0.2) is 42.5 Å². The summed E-state index contributed by atoms with van der Waals surface area (Å²) in [7, 11) is 0. The molecule has 5 rings (SSSR count). The van der Waals surface area contributed by atoms with E-state index in [1.807, 2.05) is 36.4 Å². The second-order valence-electron chi connectivity index (χ2n) is 8.86. The number of hydrogen-bond donors (Lipinski definition) is 2. The van der Waals surface area contributed by atoms with Gasteiger partial charge in [0.25, 0.3) is 0 Å². The van der Waals surface area contributed by atoms with E-state index in [4.69, 9.17) is 9.47 Å². The summed E-state index contributed by atoms with van der Waals surface area (Å²) in [6.07, 6.45) is 2.51. The zero-order chi connectivity index (χ0) is 20.0. The van der Waals surface area contributed by atoms with E-state index in [0.29, 0.717) is 13.0 Å². The van der Waals surface area contributed by atoms with Gasteiger partial charge in [-0.05, 0) is 49.1 Å². The van der Waals surface area contributed by atoms with E-state index >= 15 is 0 Å². The Morgan fingerprint density at radius 1 is 1.14 bits per heavy atom. The third-order valence-corrected chi connectivity index (χ3v) is 6.67. The third-order valence-electron chi connectivity index (χ3n) is 6.67. The van der Waals surface area contributed by atoms with E-state index in [2.05, 4.69) is 17.9 Å². The Labute approximate surface area is 171 Å². The Balaban J connectivity index is 1.21. The molecule has 1 saturated heterocycles. The topological polar surface area (TPSA) is 62.2 Å². The molecule has 0 bridgehead atoms. The second-order valence-corrected chi connectivity index (χ2v) is 8.86. The number of aliphatic hydroxyl groups is 2. The van der Waals surface area contributed by atoms with Crippen LogP contribution in [0, 0.1) is 0 Å². The molecular weight excluding hydrogens is 366 g/mol. The minimum atomic E-state index is -0.510. The van der Waals surface area contributed by atoms with Crippen molar-refractivity contribution in [3.63, 3.8) is 0 Å². The van der Waals surface area contributed by atoms with Crippen LogP contribution in [-0.2, 0) is 6.42 Å². The Morgan fingerprint density at radius 3 is 2.76 bits per heavy atom. The van der Waals surface area contributed by atoms with Gasteiger partial charge in [0.15, 0.2) is 0 Å². The van der Waals surface area contributed by atoms with Crippen LogP contribution in [0.4, 0.5) is 0 Å². The fourth-order valence-corrected chi connectivity index (χ4v) is 5.03. The maximum Gasteiger partial charge on any atom is 0.125 e. The molecule has 0 amide bonds. The van der Waals surface area contributed by atoms with Crippen LogP contribution < -0.4 is 9.47 Å². The van der Waals surface area contributed by atoms with Crippen LogP contribution in [0.5, 0.6) is 11.5 Å². The van der Waals surface area contributed by atoms with Gasteiger partial charge in [-0.2, -0.15) is 0 Å². The van der Waals surface area contributed by atoms with Gasteiger partial charge in [0, 0.05) is 38.0 Å². The summed E-state index contributed by atoms with van der Waals surface area (Å²) in [6, 6.07) is 13.8. The van der Waals surface area contributed by atoms with Gasteiger partial charge in [0.05, 0.1) is 12.2 Å². The zero-order valence-corrected chi connectivity index (χ0v) is 16.9.